The van der Waals surface area contributed by atoms with Gasteiger partial charge in [-0.2, -0.15) is 0 Å². The van der Waals surface area contributed by atoms with Crippen LogP contribution >= 0.6 is 8.04 Å². The number of allylic oxidation sites excluding steroid dienone is 1. The third kappa shape index (κ3) is 12.1. The maximum atomic E-state index is 4.41. The summed E-state index contributed by atoms with van der Waals surface area (Å²) >= 11 is 0. The molecule has 4 fully saturated rings. The van der Waals surface area contributed by atoms with Gasteiger partial charge in [0.05, 0.1) is 0 Å². The molecule has 1 heteroatoms. The zero-order valence-electron chi connectivity index (χ0n) is 35.6. The Morgan fingerprint density at radius 1 is 0.750 bits per heavy atom. The first-order valence-corrected chi connectivity index (χ1v) is 21.7. The van der Waals surface area contributed by atoms with Crippen molar-refractivity contribution < 1.29 is 0 Å². The van der Waals surface area contributed by atoms with E-state index in [1.807, 2.05) is 55.4 Å². The van der Waals surface area contributed by atoms with Crippen LogP contribution in [0.15, 0.2) is 36.4 Å². The predicted octanol–water partition coefficient (Wildman–Crippen LogP) is 17.1. The van der Waals surface area contributed by atoms with E-state index in [4.69, 9.17) is 0 Å². The topological polar surface area (TPSA) is 0 Å². The molecule has 0 amide bonds. The summed E-state index contributed by atoms with van der Waals surface area (Å²) in [4.78, 5) is 0. The Labute approximate surface area is 308 Å². The number of rotatable bonds is 2. The fraction of sp³-hybridized carbons (Fsp3) is 0.809. The first-order chi connectivity index (χ1) is 22.3. The second-order valence-corrected chi connectivity index (χ2v) is 15.8. The van der Waals surface area contributed by atoms with Gasteiger partial charge in [0.25, 0.3) is 0 Å². The van der Waals surface area contributed by atoms with Gasteiger partial charge in [-0.3, -0.25) is 0 Å². The maximum absolute atomic E-state index is 4.41. The average Bonchev–Trinajstić information content (AvgIpc) is 3.38. The molecule has 0 N–H and O–H groups in total. The predicted molar refractivity (Wildman–Crippen MR) is 228 cm³/mol. The number of hydrogen-bond donors (Lipinski definition) is 0. The molecule has 0 saturated heterocycles. The van der Waals surface area contributed by atoms with Crippen molar-refractivity contribution in [1.29, 1.82) is 0 Å². The minimum absolute atomic E-state index is 0. The summed E-state index contributed by atoms with van der Waals surface area (Å²) < 4.78 is 0. The molecule has 0 aliphatic heterocycles. The Hall–Kier alpha value is -0.830. The molecule has 0 radical (unpaired) electrons. The summed E-state index contributed by atoms with van der Waals surface area (Å²) in [5.41, 5.74) is 9.48. The summed E-state index contributed by atoms with van der Waals surface area (Å²) in [6, 6.07) is 8.39. The van der Waals surface area contributed by atoms with Crippen LogP contribution in [0.2, 0.25) is 0 Å². The first-order valence-electron chi connectivity index (χ1n) is 20.4. The van der Waals surface area contributed by atoms with Crippen molar-refractivity contribution >= 4 is 8.04 Å². The molecule has 1 aromatic rings. The molecule has 0 aromatic heterocycles. The summed E-state index contributed by atoms with van der Waals surface area (Å²) in [5, 5.41) is 0. The zero-order valence-corrected chi connectivity index (χ0v) is 36.4. The van der Waals surface area contributed by atoms with E-state index in [9.17, 15) is 0 Å². The summed E-state index contributed by atoms with van der Waals surface area (Å²) in [6.45, 7) is 44.2. The number of fused-ring (bicyclic) bond motifs is 5. The van der Waals surface area contributed by atoms with E-state index in [2.05, 4.69) is 105 Å². The molecule has 48 heavy (non-hydrogen) atoms. The molecule has 8 atom stereocenters. The van der Waals surface area contributed by atoms with Crippen molar-refractivity contribution in [3.05, 3.63) is 47.5 Å². The molecule has 0 spiro atoms. The Morgan fingerprint density at radius 2 is 1.25 bits per heavy atom. The molecule has 4 aliphatic carbocycles. The van der Waals surface area contributed by atoms with E-state index < -0.39 is 0 Å². The van der Waals surface area contributed by atoms with Gasteiger partial charge in [-0.1, -0.05) is 136 Å². The Balaban J connectivity index is -0.000000771. The van der Waals surface area contributed by atoms with Gasteiger partial charge < -0.3 is 0 Å². The van der Waals surface area contributed by atoms with Crippen LogP contribution in [0.3, 0.4) is 0 Å². The van der Waals surface area contributed by atoms with E-state index in [1.165, 1.54) is 95.4 Å². The van der Waals surface area contributed by atoms with E-state index in [-0.39, 0.29) is 7.43 Å². The molecule has 282 valence electrons. The summed E-state index contributed by atoms with van der Waals surface area (Å²) in [7, 11) is 1.20. The van der Waals surface area contributed by atoms with Crippen LogP contribution in [0.25, 0.3) is 0 Å². The second-order valence-electron chi connectivity index (χ2n) is 15.1. The van der Waals surface area contributed by atoms with Crippen LogP contribution in [0.4, 0.5) is 0 Å². The van der Waals surface area contributed by atoms with Gasteiger partial charge in [-0.05, 0) is 110 Å². The Bertz CT molecular complexity index is 1030. The van der Waals surface area contributed by atoms with E-state index >= 15 is 0 Å². The molecule has 1 aromatic carbocycles. The normalized spacial score (nSPS) is 33.2. The molecule has 4 saturated carbocycles. The SMILES string of the molecule is C.C=C(C)C1CCC2(C)C3CCC4C[C@@](C)(CC)CCC4(C)C3CCC12C.CC.CC.CC.CC.CCC.C[P+]#Cc1ccc(C)cc1. The third-order valence-corrected chi connectivity index (χ3v) is 13.1. The molecule has 4 aliphatic rings. The molecule has 0 nitrogen and oxygen atoms in total. The number of aryl methyl sites for hydroxylation is 1. The molecule has 0 heterocycles. The second kappa shape index (κ2) is 25.2. The van der Waals surface area contributed by atoms with Crippen molar-refractivity contribution in [2.24, 2.45) is 45.3 Å². The van der Waals surface area contributed by atoms with Gasteiger partial charge in [0.1, 0.15) is 0 Å². The molecular weight excluding hydrogens is 595 g/mol. The summed E-state index contributed by atoms with van der Waals surface area (Å²) in [5.74, 6) is 3.73. The molecule has 0 bridgehead atoms. The fourth-order valence-corrected chi connectivity index (χ4v) is 10.2. The Morgan fingerprint density at radius 3 is 1.71 bits per heavy atom. The van der Waals surface area contributed by atoms with Crippen molar-refractivity contribution in [3.8, 4) is 5.63 Å². The van der Waals surface area contributed by atoms with Crippen molar-refractivity contribution in [2.45, 2.75) is 196 Å². The van der Waals surface area contributed by atoms with Gasteiger partial charge in [0, 0.05) is 0 Å². The third-order valence-electron chi connectivity index (χ3n) is 12.7. The minimum atomic E-state index is 0. The van der Waals surface area contributed by atoms with Gasteiger partial charge in [-0.15, -0.1) is 0 Å². The fourth-order valence-electron chi connectivity index (χ4n) is 9.80. The quantitative estimate of drug-likeness (QED) is 0.215. The standard InChI is InChI=1S/C26H44.C9H10P.C3H8.4C2H6.CH4/c1-8-23(4)15-16-24(5)19(17-23)9-10-22-21(24)12-14-25(6)20(18(2)3)11-13-26(22,25)7;1-8-3-5-9(6-4-8)7-10-2;1-3-2;4*1-2;/h19-22H,2,8-17H2,1,3-7H3;3-6H,1-2H3;3H2,1-2H3;4*1-2H3;1H4/q;+1;;;;;;/t19?,20?,21?,22?,23-,24?,25?,26?;;;;;;;/m0......./s1. The van der Waals surface area contributed by atoms with Gasteiger partial charge in [0.15, 0.2) is 0 Å². The van der Waals surface area contributed by atoms with E-state index in [0.717, 1.165) is 23.7 Å². The zero-order chi connectivity index (χ0) is 37.1. The van der Waals surface area contributed by atoms with Gasteiger partial charge >= 0.3 is 62.6 Å². The number of benzene rings is 1. The number of hydrogen-bond acceptors (Lipinski definition) is 0. The van der Waals surface area contributed by atoms with Crippen LogP contribution in [0.5, 0.6) is 0 Å². The van der Waals surface area contributed by atoms with E-state index in [1.54, 1.807) is 0 Å². The Kier molecular flexibility index (Phi) is 27.0. The van der Waals surface area contributed by atoms with Crippen LogP contribution in [-0.2, 0) is 0 Å². The van der Waals surface area contributed by atoms with Crippen molar-refractivity contribution in [2.75, 3.05) is 6.66 Å². The van der Waals surface area contributed by atoms with Crippen LogP contribution in [0.1, 0.15) is 200 Å². The monoisotopic (exact) mass is 686 g/mol. The summed E-state index contributed by atoms with van der Waals surface area (Å²) in [6.07, 6.45) is 15.9. The average molecular weight is 686 g/mol. The van der Waals surface area contributed by atoms with Gasteiger partial charge in [-0.25, -0.2) is 0 Å². The molecule has 7 unspecified atom stereocenters. The van der Waals surface area contributed by atoms with Crippen molar-refractivity contribution in [1.82, 2.24) is 0 Å². The van der Waals surface area contributed by atoms with Crippen LogP contribution in [-0.4, -0.2) is 6.66 Å². The van der Waals surface area contributed by atoms with Crippen molar-refractivity contribution in [3.63, 3.8) is 0 Å². The van der Waals surface area contributed by atoms with Crippen LogP contribution < -0.4 is 0 Å². The van der Waals surface area contributed by atoms with Gasteiger partial charge in [0.2, 0.25) is 0 Å². The van der Waals surface area contributed by atoms with Crippen LogP contribution in [0, 0.1) is 57.9 Å². The molecular formula is C47H90P+. The molecule has 5 rings (SSSR count). The van der Waals surface area contributed by atoms with E-state index in [0.29, 0.717) is 21.7 Å². The first kappa shape index (κ1) is 51.5.